The first-order chi connectivity index (χ1) is 11.8. The molecule has 0 bridgehead atoms. The Labute approximate surface area is 144 Å². The molecule has 0 unspecified atom stereocenters. The monoisotopic (exact) mass is 326 g/mol. The minimum Gasteiger partial charge on any atom is -0.460 e. The third kappa shape index (κ3) is 6.52. The summed E-state index contributed by atoms with van der Waals surface area (Å²) in [7, 11) is 0. The molecule has 128 valence electrons. The van der Waals surface area contributed by atoms with Gasteiger partial charge in [0.05, 0.1) is 0 Å². The van der Waals surface area contributed by atoms with Gasteiger partial charge in [0.2, 0.25) is 0 Å². The predicted molar refractivity (Wildman–Crippen MR) is 96.2 cm³/mol. The Hall–Kier alpha value is -2.17. The molecular weight excluding hydrogens is 300 g/mol. The van der Waals surface area contributed by atoms with Crippen molar-refractivity contribution in [3.05, 3.63) is 71.8 Å². The van der Waals surface area contributed by atoms with E-state index in [-0.39, 0.29) is 12.0 Å². The molecule has 0 heterocycles. The fraction of sp³-hybridized carbons (Fsp3) is 0.350. The summed E-state index contributed by atoms with van der Waals surface area (Å²) >= 11 is 0. The van der Waals surface area contributed by atoms with Gasteiger partial charge in [0.1, 0.15) is 12.6 Å². The van der Waals surface area contributed by atoms with Gasteiger partial charge in [-0.3, -0.25) is 4.79 Å². The summed E-state index contributed by atoms with van der Waals surface area (Å²) in [4.78, 5) is 12.4. The molecule has 2 aromatic rings. The first kappa shape index (κ1) is 18.2. The molecule has 0 saturated carbocycles. The normalized spacial score (nSPS) is 11.9. The summed E-state index contributed by atoms with van der Waals surface area (Å²) in [6, 6.07) is 19.5. The summed E-state index contributed by atoms with van der Waals surface area (Å²) < 4.78 is 5.48. The van der Waals surface area contributed by atoms with Gasteiger partial charge in [0, 0.05) is 6.54 Å². The van der Waals surface area contributed by atoms with E-state index in [0.29, 0.717) is 19.7 Å². The molecule has 0 aliphatic carbocycles. The molecule has 0 saturated heterocycles. The molecule has 0 fully saturated rings. The van der Waals surface area contributed by atoms with Gasteiger partial charge in [-0.25, -0.2) is 0 Å². The van der Waals surface area contributed by atoms with Crippen molar-refractivity contribution in [1.29, 1.82) is 0 Å². The van der Waals surface area contributed by atoms with Crippen LogP contribution >= 0.6 is 0 Å². The van der Waals surface area contributed by atoms with Crippen LogP contribution in [0, 0.1) is 0 Å². The van der Waals surface area contributed by atoms with Gasteiger partial charge in [-0.1, -0.05) is 67.1 Å². The molecule has 4 nitrogen and oxygen atoms in total. The Morgan fingerprint density at radius 1 is 0.958 bits per heavy atom. The van der Waals surface area contributed by atoms with Gasteiger partial charge in [0.25, 0.3) is 0 Å². The van der Waals surface area contributed by atoms with E-state index in [1.54, 1.807) is 0 Å². The molecular formula is C20H26N2O2. The van der Waals surface area contributed by atoms with Gasteiger partial charge < -0.3 is 15.8 Å². The maximum absolute atomic E-state index is 12.4. The van der Waals surface area contributed by atoms with Crippen molar-refractivity contribution in [1.82, 2.24) is 5.32 Å². The number of carbonyl (C=O) groups is 1. The Morgan fingerprint density at radius 3 is 2.21 bits per heavy atom. The van der Waals surface area contributed by atoms with Crippen LogP contribution in [0.4, 0.5) is 0 Å². The van der Waals surface area contributed by atoms with E-state index in [2.05, 4.69) is 5.32 Å². The van der Waals surface area contributed by atoms with Crippen molar-refractivity contribution in [2.24, 2.45) is 5.73 Å². The second-order valence-corrected chi connectivity index (χ2v) is 5.80. The lowest BCUT2D eigenvalue weighted by Gasteiger charge is -2.18. The van der Waals surface area contributed by atoms with Crippen LogP contribution in [0.2, 0.25) is 0 Å². The van der Waals surface area contributed by atoms with E-state index in [0.717, 1.165) is 30.4 Å². The number of carbonyl (C=O) groups excluding carboxylic acids is 1. The van der Waals surface area contributed by atoms with Crippen LogP contribution in [-0.4, -0.2) is 18.6 Å². The van der Waals surface area contributed by atoms with Gasteiger partial charge in [0.15, 0.2) is 0 Å². The third-order valence-corrected chi connectivity index (χ3v) is 3.85. The van der Waals surface area contributed by atoms with Crippen molar-refractivity contribution in [2.75, 3.05) is 6.54 Å². The van der Waals surface area contributed by atoms with Gasteiger partial charge in [-0.05, 0) is 30.5 Å². The highest BCUT2D eigenvalue weighted by atomic mass is 16.5. The summed E-state index contributed by atoms with van der Waals surface area (Å²) in [6.45, 7) is 1.60. The molecule has 0 aliphatic rings. The van der Waals surface area contributed by atoms with E-state index >= 15 is 0 Å². The number of hydrogen-bond donors (Lipinski definition) is 2. The molecule has 3 N–H and O–H groups in total. The quantitative estimate of drug-likeness (QED) is 0.520. The standard InChI is InChI=1S/C20H26N2O2/c21-14-8-7-13-19(22-15-17-9-3-1-4-10-17)20(23)24-16-18-11-5-2-6-12-18/h1-6,9-12,19,22H,7-8,13-16,21H2/t19-/m0/s1. The van der Waals surface area contributed by atoms with Crippen LogP contribution in [0.1, 0.15) is 30.4 Å². The van der Waals surface area contributed by atoms with Crippen LogP contribution in [0.25, 0.3) is 0 Å². The van der Waals surface area contributed by atoms with Crippen molar-refractivity contribution < 1.29 is 9.53 Å². The predicted octanol–water partition coefficient (Wildman–Crippen LogP) is 3.02. The van der Waals surface area contributed by atoms with Gasteiger partial charge in [-0.2, -0.15) is 0 Å². The number of esters is 1. The molecule has 0 aromatic heterocycles. The molecule has 0 spiro atoms. The lowest BCUT2D eigenvalue weighted by Crippen LogP contribution is -2.37. The first-order valence-electron chi connectivity index (χ1n) is 8.47. The SMILES string of the molecule is NCCCC[C@H](NCc1ccccc1)C(=O)OCc1ccccc1. The number of nitrogens with one attached hydrogen (secondary N) is 1. The van der Waals surface area contributed by atoms with Crippen LogP contribution < -0.4 is 11.1 Å². The number of nitrogens with two attached hydrogens (primary N) is 1. The van der Waals surface area contributed by atoms with Gasteiger partial charge in [-0.15, -0.1) is 0 Å². The highest BCUT2D eigenvalue weighted by Gasteiger charge is 2.19. The molecule has 0 aliphatic heterocycles. The molecule has 2 rings (SSSR count). The highest BCUT2D eigenvalue weighted by Crippen LogP contribution is 2.08. The molecule has 2 aromatic carbocycles. The number of rotatable bonds is 10. The van der Waals surface area contributed by atoms with E-state index in [4.69, 9.17) is 10.5 Å². The molecule has 4 heteroatoms. The summed E-state index contributed by atoms with van der Waals surface area (Å²) in [5.74, 6) is -0.202. The third-order valence-electron chi connectivity index (χ3n) is 3.85. The van der Waals surface area contributed by atoms with E-state index < -0.39 is 0 Å². The second-order valence-electron chi connectivity index (χ2n) is 5.80. The maximum Gasteiger partial charge on any atom is 0.323 e. The van der Waals surface area contributed by atoms with Crippen molar-refractivity contribution >= 4 is 5.97 Å². The molecule has 1 atom stereocenters. The Morgan fingerprint density at radius 2 is 1.58 bits per heavy atom. The van der Waals surface area contributed by atoms with Crippen molar-refractivity contribution in [2.45, 2.75) is 38.5 Å². The van der Waals surface area contributed by atoms with Crippen molar-refractivity contribution in [3.63, 3.8) is 0 Å². The van der Waals surface area contributed by atoms with Crippen LogP contribution in [0.15, 0.2) is 60.7 Å². The number of ether oxygens (including phenoxy) is 1. The zero-order valence-corrected chi connectivity index (χ0v) is 14.0. The number of benzene rings is 2. The smallest absolute Gasteiger partial charge is 0.323 e. The fourth-order valence-corrected chi connectivity index (χ4v) is 2.46. The molecule has 0 radical (unpaired) electrons. The lowest BCUT2D eigenvalue weighted by molar-refractivity contribution is -0.147. The highest BCUT2D eigenvalue weighted by molar-refractivity contribution is 5.75. The van der Waals surface area contributed by atoms with E-state index in [1.807, 2.05) is 60.7 Å². The largest absolute Gasteiger partial charge is 0.460 e. The van der Waals surface area contributed by atoms with E-state index in [1.165, 1.54) is 0 Å². The topological polar surface area (TPSA) is 64.3 Å². The van der Waals surface area contributed by atoms with Crippen LogP contribution in [0.3, 0.4) is 0 Å². The van der Waals surface area contributed by atoms with Crippen molar-refractivity contribution in [3.8, 4) is 0 Å². The molecule has 24 heavy (non-hydrogen) atoms. The summed E-state index contributed by atoms with van der Waals surface area (Å²) in [6.07, 6.45) is 2.55. The Kier molecular flexibility index (Phi) is 8.01. The maximum atomic E-state index is 12.4. The zero-order valence-electron chi connectivity index (χ0n) is 14.0. The average Bonchev–Trinajstić information content (AvgIpc) is 2.64. The minimum atomic E-state index is -0.305. The average molecular weight is 326 g/mol. The second kappa shape index (κ2) is 10.6. The van der Waals surface area contributed by atoms with Crippen LogP contribution in [0.5, 0.6) is 0 Å². The Balaban J connectivity index is 1.87. The summed E-state index contributed by atoms with van der Waals surface area (Å²) in [5.41, 5.74) is 7.70. The first-order valence-corrected chi connectivity index (χ1v) is 8.47. The zero-order chi connectivity index (χ0) is 17.0. The lowest BCUT2D eigenvalue weighted by atomic mass is 10.1. The van der Waals surface area contributed by atoms with Gasteiger partial charge >= 0.3 is 5.97 Å². The number of hydrogen-bond acceptors (Lipinski definition) is 4. The van der Waals surface area contributed by atoms with Crippen LogP contribution in [-0.2, 0) is 22.7 Å². The molecule has 0 amide bonds. The number of unbranched alkanes of at least 4 members (excludes halogenated alkanes) is 1. The minimum absolute atomic E-state index is 0.202. The van der Waals surface area contributed by atoms with E-state index in [9.17, 15) is 4.79 Å². The summed E-state index contributed by atoms with van der Waals surface area (Å²) in [5, 5.41) is 3.32. The Bertz CT molecular complexity index is 587. The fourth-order valence-electron chi connectivity index (χ4n) is 2.46.